The van der Waals surface area contributed by atoms with Gasteiger partial charge in [0.25, 0.3) is 0 Å². The van der Waals surface area contributed by atoms with Gasteiger partial charge in [0.05, 0.1) is 0 Å². The molecule has 0 saturated heterocycles. The summed E-state index contributed by atoms with van der Waals surface area (Å²) in [6.45, 7) is 1.30. The summed E-state index contributed by atoms with van der Waals surface area (Å²) in [5.41, 5.74) is 0.899. The Hall–Kier alpha value is -0.840. The predicted molar refractivity (Wildman–Crippen MR) is 69.3 cm³/mol. The molecule has 0 radical (unpaired) electrons. The van der Waals surface area contributed by atoms with Gasteiger partial charge in [-0.25, -0.2) is 4.98 Å². The smallest absolute Gasteiger partial charge is 0.221 e. The average Bonchev–Trinajstić information content (AvgIpc) is 2.29. The first-order valence-electron chi connectivity index (χ1n) is 5.23. The van der Waals surface area contributed by atoms with Crippen LogP contribution in [0.4, 0.5) is 0 Å². The molecule has 0 bridgehead atoms. The van der Waals surface area contributed by atoms with Crippen LogP contribution in [0.2, 0.25) is 10.3 Å². The van der Waals surface area contributed by atoms with Crippen molar-refractivity contribution < 1.29 is 4.79 Å². The van der Waals surface area contributed by atoms with Gasteiger partial charge in [-0.05, 0) is 13.1 Å². The van der Waals surface area contributed by atoms with E-state index in [2.05, 4.69) is 10.3 Å². The number of hydrogen-bond acceptors (Lipinski definition) is 3. The van der Waals surface area contributed by atoms with E-state index < -0.39 is 0 Å². The summed E-state index contributed by atoms with van der Waals surface area (Å²) in [5.74, 6) is 0.0252. The number of amides is 1. The van der Waals surface area contributed by atoms with E-state index in [1.807, 2.05) is 18.0 Å². The van der Waals surface area contributed by atoms with Crippen LogP contribution < -0.4 is 5.32 Å². The largest absolute Gasteiger partial charge is 0.359 e. The first-order chi connectivity index (χ1) is 8.02. The lowest BCUT2D eigenvalue weighted by Crippen LogP contribution is -2.26. The minimum absolute atomic E-state index is 0.0252. The maximum absolute atomic E-state index is 11.1. The van der Waals surface area contributed by atoms with Crippen molar-refractivity contribution >= 4 is 29.1 Å². The Balaban J connectivity index is 2.50. The van der Waals surface area contributed by atoms with Gasteiger partial charge < -0.3 is 10.2 Å². The van der Waals surface area contributed by atoms with Gasteiger partial charge in [0.2, 0.25) is 5.91 Å². The molecule has 0 aromatic carbocycles. The van der Waals surface area contributed by atoms with Crippen LogP contribution >= 0.6 is 23.2 Å². The fourth-order valence-corrected chi connectivity index (χ4v) is 1.75. The fourth-order valence-electron chi connectivity index (χ4n) is 1.35. The molecule has 0 spiro atoms. The monoisotopic (exact) mass is 275 g/mol. The standard InChI is InChI=1S/C11H15Cl2N3O/c1-14-10(17)5-6-16(2)7-8-3-4-9(12)15-11(8)13/h3-4H,5-7H2,1-2H3,(H,14,17). The number of carbonyl (C=O) groups is 1. The summed E-state index contributed by atoms with van der Waals surface area (Å²) in [6, 6.07) is 3.55. The van der Waals surface area contributed by atoms with Crippen molar-refractivity contribution in [2.24, 2.45) is 0 Å². The molecule has 0 unspecified atom stereocenters. The molecule has 1 heterocycles. The second kappa shape index (κ2) is 6.79. The Morgan fingerprint density at radius 3 is 2.76 bits per heavy atom. The Labute approximate surface area is 111 Å². The van der Waals surface area contributed by atoms with Crippen LogP contribution in [0.1, 0.15) is 12.0 Å². The third-order valence-electron chi connectivity index (χ3n) is 2.33. The van der Waals surface area contributed by atoms with Crippen molar-refractivity contribution in [3.05, 3.63) is 28.0 Å². The summed E-state index contributed by atoms with van der Waals surface area (Å²) >= 11 is 11.7. The van der Waals surface area contributed by atoms with Crippen LogP contribution in [0.3, 0.4) is 0 Å². The highest BCUT2D eigenvalue weighted by molar-refractivity contribution is 6.32. The highest BCUT2D eigenvalue weighted by Crippen LogP contribution is 2.17. The predicted octanol–water partition coefficient (Wildman–Crippen LogP) is 1.96. The normalized spacial score (nSPS) is 10.6. The minimum atomic E-state index is 0.0252. The number of hydrogen-bond donors (Lipinski definition) is 1. The second-order valence-electron chi connectivity index (χ2n) is 3.74. The van der Waals surface area contributed by atoms with Gasteiger partial charge in [-0.3, -0.25) is 4.79 Å². The van der Waals surface area contributed by atoms with Gasteiger partial charge >= 0.3 is 0 Å². The van der Waals surface area contributed by atoms with E-state index in [0.717, 1.165) is 5.56 Å². The van der Waals surface area contributed by atoms with Crippen molar-refractivity contribution in [1.29, 1.82) is 0 Å². The van der Waals surface area contributed by atoms with E-state index in [-0.39, 0.29) is 5.91 Å². The zero-order chi connectivity index (χ0) is 12.8. The summed E-state index contributed by atoms with van der Waals surface area (Å²) < 4.78 is 0. The molecule has 0 saturated carbocycles. The van der Waals surface area contributed by atoms with Gasteiger partial charge in [-0.2, -0.15) is 0 Å². The molecule has 0 aliphatic rings. The number of halogens is 2. The highest BCUT2D eigenvalue weighted by atomic mass is 35.5. The van der Waals surface area contributed by atoms with Crippen molar-refractivity contribution in [2.45, 2.75) is 13.0 Å². The number of aromatic nitrogens is 1. The summed E-state index contributed by atoms with van der Waals surface area (Å²) in [5, 5.41) is 3.37. The van der Waals surface area contributed by atoms with Crippen molar-refractivity contribution in [1.82, 2.24) is 15.2 Å². The molecule has 17 heavy (non-hydrogen) atoms. The highest BCUT2D eigenvalue weighted by Gasteiger charge is 2.07. The Morgan fingerprint density at radius 2 is 2.18 bits per heavy atom. The maximum Gasteiger partial charge on any atom is 0.221 e. The van der Waals surface area contributed by atoms with E-state index in [0.29, 0.717) is 29.8 Å². The van der Waals surface area contributed by atoms with Crippen LogP contribution in [0.25, 0.3) is 0 Å². The average molecular weight is 276 g/mol. The van der Waals surface area contributed by atoms with Gasteiger partial charge in [0.1, 0.15) is 10.3 Å². The first kappa shape index (κ1) is 14.2. The summed E-state index contributed by atoms with van der Waals surface area (Å²) in [7, 11) is 3.55. The topological polar surface area (TPSA) is 45.2 Å². The lowest BCUT2D eigenvalue weighted by atomic mass is 10.2. The van der Waals surface area contributed by atoms with E-state index in [1.54, 1.807) is 13.1 Å². The first-order valence-corrected chi connectivity index (χ1v) is 5.98. The molecule has 1 aromatic rings. The molecule has 1 N–H and O–H groups in total. The van der Waals surface area contributed by atoms with Gasteiger partial charge in [0, 0.05) is 32.1 Å². The van der Waals surface area contributed by atoms with E-state index in [1.165, 1.54) is 0 Å². The molecule has 1 rings (SSSR count). The van der Waals surface area contributed by atoms with Gasteiger partial charge in [-0.1, -0.05) is 29.3 Å². The van der Waals surface area contributed by atoms with Crippen LogP contribution in [0.15, 0.2) is 12.1 Å². The van der Waals surface area contributed by atoms with E-state index in [9.17, 15) is 4.79 Å². The molecule has 1 amide bonds. The molecule has 1 aromatic heterocycles. The molecule has 0 fully saturated rings. The minimum Gasteiger partial charge on any atom is -0.359 e. The molecule has 0 atom stereocenters. The Bertz CT molecular complexity index is 398. The lowest BCUT2D eigenvalue weighted by Gasteiger charge is -2.16. The van der Waals surface area contributed by atoms with Crippen LogP contribution in [0.5, 0.6) is 0 Å². The quantitative estimate of drug-likeness (QED) is 0.836. The van der Waals surface area contributed by atoms with Gasteiger partial charge in [0.15, 0.2) is 0 Å². The molecule has 94 valence electrons. The van der Waals surface area contributed by atoms with E-state index >= 15 is 0 Å². The summed E-state index contributed by atoms with van der Waals surface area (Å²) in [4.78, 5) is 17.1. The zero-order valence-corrected chi connectivity index (χ0v) is 11.3. The van der Waals surface area contributed by atoms with Crippen LogP contribution in [-0.4, -0.2) is 36.4 Å². The molecule has 0 aliphatic heterocycles. The van der Waals surface area contributed by atoms with Gasteiger partial charge in [-0.15, -0.1) is 0 Å². The molecule has 6 heteroatoms. The van der Waals surface area contributed by atoms with Crippen LogP contribution in [-0.2, 0) is 11.3 Å². The molecule has 4 nitrogen and oxygen atoms in total. The Morgan fingerprint density at radius 1 is 1.47 bits per heavy atom. The third kappa shape index (κ3) is 4.89. The van der Waals surface area contributed by atoms with Crippen LogP contribution in [0, 0.1) is 0 Å². The Kier molecular flexibility index (Phi) is 5.68. The van der Waals surface area contributed by atoms with Crippen molar-refractivity contribution in [3.8, 4) is 0 Å². The number of carbonyl (C=O) groups excluding carboxylic acids is 1. The number of rotatable bonds is 5. The second-order valence-corrected chi connectivity index (χ2v) is 4.49. The third-order valence-corrected chi connectivity index (χ3v) is 2.87. The van der Waals surface area contributed by atoms with Crippen molar-refractivity contribution in [3.63, 3.8) is 0 Å². The number of pyridine rings is 1. The van der Waals surface area contributed by atoms with Crippen molar-refractivity contribution in [2.75, 3.05) is 20.6 Å². The molecule has 0 aliphatic carbocycles. The summed E-state index contributed by atoms with van der Waals surface area (Å²) in [6.07, 6.45) is 0.464. The molecular formula is C11H15Cl2N3O. The number of nitrogens with zero attached hydrogens (tertiary/aromatic N) is 2. The fraction of sp³-hybridized carbons (Fsp3) is 0.455. The lowest BCUT2D eigenvalue weighted by molar-refractivity contribution is -0.120. The maximum atomic E-state index is 11.1. The zero-order valence-electron chi connectivity index (χ0n) is 9.83. The SMILES string of the molecule is CNC(=O)CCN(C)Cc1ccc(Cl)nc1Cl. The van der Waals surface area contributed by atoms with E-state index in [4.69, 9.17) is 23.2 Å². The number of nitrogens with one attached hydrogen (secondary N) is 1. The molecular weight excluding hydrogens is 261 g/mol.